The van der Waals surface area contributed by atoms with E-state index in [0.717, 1.165) is 63.2 Å². The van der Waals surface area contributed by atoms with E-state index in [1.54, 1.807) is 18.5 Å². The van der Waals surface area contributed by atoms with Gasteiger partial charge in [0.05, 0.1) is 24.7 Å². The zero-order chi connectivity index (χ0) is 29.5. The van der Waals surface area contributed by atoms with E-state index in [-0.39, 0.29) is 6.61 Å². The van der Waals surface area contributed by atoms with E-state index in [1.165, 1.54) is 0 Å². The third kappa shape index (κ3) is 8.42. The molecule has 0 unspecified atom stereocenters. The maximum absolute atomic E-state index is 10.8. The molecule has 42 heavy (non-hydrogen) atoms. The molecule has 0 radical (unpaired) electrons. The first-order valence-electron chi connectivity index (χ1n) is 14.1. The van der Waals surface area contributed by atoms with Crippen molar-refractivity contribution in [1.29, 1.82) is 0 Å². The number of hydrogen-bond donors (Lipinski definition) is 3. The number of β-amino-alcohol motifs (C(OH)–C–C–N with tert-alkyl or cyclic N) is 1. The minimum absolute atomic E-state index is 0.161. The fourth-order valence-corrected chi connectivity index (χ4v) is 5.88. The first kappa shape index (κ1) is 30.2. The van der Waals surface area contributed by atoms with Gasteiger partial charge in [-0.15, -0.1) is 0 Å². The number of halogens is 2. The lowest BCUT2D eigenvalue weighted by Crippen LogP contribution is -2.47. The van der Waals surface area contributed by atoms with Crippen molar-refractivity contribution < 1.29 is 19.7 Å². The number of hydrogen-bond acceptors (Lipinski definition) is 9. The highest BCUT2D eigenvalue weighted by molar-refractivity contribution is 6.35. The molecule has 2 fully saturated rings. The van der Waals surface area contributed by atoms with Crippen LogP contribution in [0.3, 0.4) is 0 Å². The molecule has 0 aliphatic carbocycles. The SMILES string of the molecule is O=C(O)NCC1CCN(Cc2cc(Oc3cnc(N4CCN(CCO)CC4)nc3)nc(-c3cc(Cl)cc(Cl)c3)c2)CC1. The van der Waals surface area contributed by atoms with Gasteiger partial charge in [0.15, 0.2) is 5.75 Å². The lowest BCUT2D eigenvalue weighted by atomic mass is 9.96. The Hall–Kier alpha value is -3.22. The summed E-state index contributed by atoms with van der Waals surface area (Å²) in [5.41, 5.74) is 2.49. The standard InChI is InChI=1S/C29H35Cl2N7O4/c30-23-13-22(14-24(31)15-23)26-11-21(19-37-3-1-20(2-4-37)16-34-29(40)41)12-27(35-26)42-25-17-32-28(33-18-25)38-7-5-36(6-8-38)9-10-39/h11-15,17-18,20,34,39H,1-10,16,19H2,(H,40,41). The van der Waals surface area contributed by atoms with Gasteiger partial charge in [-0.25, -0.2) is 19.7 Å². The van der Waals surface area contributed by atoms with Gasteiger partial charge in [0.25, 0.3) is 0 Å². The van der Waals surface area contributed by atoms with E-state index in [1.807, 2.05) is 24.3 Å². The summed E-state index contributed by atoms with van der Waals surface area (Å²) in [6.07, 6.45) is 4.18. The minimum atomic E-state index is -0.979. The predicted octanol–water partition coefficient (Wildman–Crippen LogP) is 4.23. The molecule has 0 bridgehead atoms. The van der Waals surface area contributed by atoms with E-state index in [0.29, 0.717) is 58.9 Å². The number of pyridine rings is 1. The van der Waals surface area contributed by atoms with Gasteiger partial charge in [0.1, 0.15) is 0 Å². The van der Waals surface area contributed by atoms with Gasteiger partial charge in [0, 0.05) is 67.5 Å². The second kappa shape index (κ2) is 14.3. The average Bonchev–Trinajstić information content (AvgIpc) is 2.97. The Morgan fingerprint density at radius 3 is 2.29 bits per heavy atom. The summed E-state index contributed by atoms with van der Waals surface area (Å²) >= 11 is 12.6. The number of benzene rings is 1. The van der Waals surface area contributed by atoms with Crippen molar-refractivity contribution in [2.24, 2.45) is 5.92 Å². The summed E-state index contributed by atoms with van der Waals surface area (Å²) in [4.78, 5) is 31.4. The van der Waals surface area contributed by atoms with Crippen molar-refractivity contribution in [2.75, 3.05) is 63.9 Å². The summed E-state index contributed by atoms with van der Waals surface area (Å²) in [7, 11) is 0. The summed E-state index contributed by atoms with van der Waals surface area (Å²) < 4.78 is 6.15. The number of piperazine rings is 1. The van der Waals surface area contributed by atoms with Crippen LogP contribution in [0.5, 0.6) is 11.6 Å². The number of aromatic nitrogens is 3. The number of nitrogens with one attached hydrogen (secondary N) is 1. The van der Waals surface area contributed by atoms with E-state index in [9.17, 15) is 4.79 Å². The van der Waals surface area contributed by atoms with Crippen molar-refractivity contribution in [3.05, 3.63) is 58.3 Å². The minimum Gasteiger partial charge on any atom is -0.465 e. The van der Waals surface area contributed by atoms with Gasteiger partial charge in [-0.3, -0.25) is 9.80 Å². The first-order chi connectivity index (χ1) is 20.3. The van der Waals surface area contributed by atoms with Crippen LogP contribution in [-0.2, 0) is 6.54 Å². The zero-order valence-electron chi connectivity index (χ0n) is 23.3. The molecule has 1 amide bonds. The Morgan fingerprint density at radius 2 is 1.64 bits per heavy atom. The summed E-state index contributed by atoms with van der Waals surface area (Å²) in [5.74, 6) is 1.87. The molecule has 2 aliphatic rings. The smallest absolute Gasteiger partial charge is 0.404 e. The molecular weight excluding hydrogens is 581 g/mol. The number of aliphatic hydroxyl groups excluding tert-OH is 1. The fraction of sp³-hybridized carbons (Fsp3) is 0.448. The molecule has 2 aromatic heterocycles. The predicted molar refractivity (Wildman–Crippen MR) is 162 cm³/mol. The maximum Gasteiger partial charge on any atom is 0.404 e. The molecule has 5 rings (SSSR count). The number of carbonyl (C=O) groups is 1. The summed E-state index contributed by atoms with van der Waals surface area (Å²) in [6, 6.07) is 9.26. The van der Waals surface area contributed by atoms with Crippen molar-refractivity contribution in [1.82, 2.24) is 30.1 Å². The van der Waals surface area contributed by atoms with Crippen LogP contribution >= 0.6 is 23.2 Å². The van der Waals surface area contributed by atoms with E-state index in [2.05, 4.69) is 30.0 Å². The van der Waals surface area contributed by atoms with E-state index >= 15 is 0 Å². The van der Waals surface area contributed by atoms with E-state index < -0.39 is 6.09 Å². The number of amides is 1. The molecule has 0 spiro atoms. The Balaban J connectivity index is 1.30. The average molecular weight is 617 g/mol. The topological polar surface area (TPSA) is 127 Å². The van der Waals surface area contributed by atoms with Crippen LogP contribution < -0.4 is 15.0 Å². The molecule has 2 aliphatic heterocycles. The molecule has 2 saturated heterocycles. The fourth-order valence-electron chi connectivity index (χ4n) is 5.35. The molecule has 3 N–H and O–H groups in total. The Labute approximate surface area is 255 Å². The van der Waals surface area contributed by atoms with Crippen LogP contribution in [-0.4, -0.2) is 100 Å². The van der Waals surface area contributed by atoms with Gasteiger partial charge < -0.3 is 25.2 Å². The summed E-state index contributed by atoms with van der Waals surface area (Å²) in [6.45, 7) is 7.05. The molecule has 11 nitrogen and oxygen atoms in total. The van der Waals surface area contributed by atoms with Crippen molar-refractivity contribution in [2.45, 2.75) is 19.4 Å². The number of anilines is 1. The molecule has 13 heteroatoms. The van der Waals surface area contributed by atoms with Crippen molar-refractivity contribution >= 4 is 35.2 Å². The Kier molecular flexibility index (Phi) is 10.3. The molecule has 4 heterocycles. The van der Waals surface area contributed by atoms with Gasteiger partial charge in [-0.1, -0.05) is 23.2 Å². The van der Waals surface area contributed by atoms with Gasteiger partial charge >= 0.3 is 6.09 Å². The van der Waals surface area contributed by atoms with Gasteiger partial charge in [0.2, 0.25) is 11.8 Å². The third-order valence-electron chi connectivity index (χ3n) is 7.58. The molecule has 0 saturated carbocycles. The quantitative estimate of drug-likeness (QED) is 0.305. The van der Waals surface area contributed by atoms with Crippen molar-refractivity contribution in [3.63, 3.8) is 0 Å². The number of carboxylic acid groups (broad SMARTS) is 1. The highest BCUT2D eigenvalue weighted by Gasteiger charge is 2.21. The molecule has 3 aromatic rings. The molecule has 224 valence electrons. The molecular formula is C29H35Cl2N7O4. The normalized spacial score (nSPS) is 16.9. The van der Waals surface area contributed by atoms with Crippen molar-refractivity contribution in [3.8, 4) is 22.9 Å². The number of piperidine rings is 1. The summed E-state index contributed by atoms with van der Waals surface area (Å²) in [5, 5.41) is 21.6. The first-order valence-corrected chi connectivity index (χ1v) is 14.8. The van der Waals surface area contributed by atoms with Crippen LogP contribution in [0.2, 0.25) is 10.0 Å². The van der Waals surface area contributed by atoms with Crippen LogP contribution in [0.4, 0.5) is 10.7 Å². The van der Waals surface area contributed by atoms with Crippen LogP contribution in [0.15, 0.2) is 42.7 Å². The number of likely N-dealkylation sites (tertiary alicyclic amines) is 1. The number of ether oxygens (including phenoxy) is 1. The highest BCUT2D eigenvalue weighted by atomic mass is 35.5. The molecule has 0 atom stereocenters. The lowest BCUT2D eigenvalue weighted by molar-refractivity contribution is 0.166. The number of nitrogens with zero attached hydrogens (tertiary/aromatic N) is 6. The van der Waals surface area contributed by atoms with Crippen LogP contribution in [0, 0.1) is 5.92 Å². The van der Waals surface area contributed by atoms with E-state index in [4.69, 9.17) is 43.1 Å². The van der Waals surface area contributed by atoms with Crippen LogP contribution in [0.1, 0.15) is 18.4 Å². The Bertz CT molecular complexity index is 1330. The molecule has 1 aromatic carbocycles. The maximum atomic E-state index is 10.8. The second-order valence-corrected chi connectivity index (χ2v) is 11.5. The largest absolute Gasteiger partial charge is 0.465 e. The highest BCUT2D eigenvalue weighted by Crippen LogP contribution is 2.31. The zero-order valence-corrected chi connectivity index (χ0v) is 24.8. The third-order valence-corrected chi connectivity index (χ3v) is 8.02. The number of aliphatic hydroxyl groups is 1. The Morgan fingerprint density at radius 1 is 0.952 bits per heavy atom. The number of rotatable bonds is 10. The van der Waals surface area contributed by atoms with Gasteiger partial charge in [-0.05, 0) is 61.7 Å². The monoisotopic (exact) mass is 615 g/mol. The lowest BCUT2D eigenvalue weighted by Gasteiger charge is -2.34. The second-order valence-electron chi connectivity index (χ2n) is 10.6. The van der Waals surface area contributed by atoms with Crippen LogP contribution in [0.25, 0.3) is 11.3 Å². The van der Waals surface area contributed by atoms with Gasteiger partial charge in [-0.2, -0.15) is 0 Å².